The number of fused-ring (bicyclic) bond motifs is 5. The smallest absolute Gasteiger partial charge is 0.209 e. The Morgan fingerprint density at radius 1 is 1.23 bits per heavy atom. The molecule has 0 N–H and O–H groups in total. The molecule has 136 valence electrons. The lowest BCUT2D eigenvalue weighted by atomic mass is 9.70. The summed E-state index contributed by atoms with van der Waals surface area (Å²) in [5.41, 5.74) is 2.92. The second-order valence-corrected chi connectivity index (χ2v) is 9.06. The number of ketones is 1. The number of hydrogen-bond donors (Lipinski definition) is 0. The topological polar surface area (TPSA) is 55.7 Å². The van der Waals surface area contributed by atoms with E-state index < -0.39 is 0 Å². The molecule has 1 heterocycles. The number of rotatable bonds is 5. The number of carbonyl (C=O) groups excluding carboxylic acids is 1. The first-order valence-corrected chi connectivity index (χ1v) is 9.98. The van der Waals surface area contributed by atoms with Gasteiger partial charge in [-0.15, -0.1) is 5.10 Å². The molecule has 26 heavy (non-hydrogen) atoms. The summed E-state index contributed by atoms with van der Waals surface area (Å²) in [5, 5.41) is 9.42. The number of benzene rings is 1. The second-order valence-electron chi connectivity index (χ2n) is 8.00. The lowest BCUT2D eigenvalue weighted by molar-refractivity contribution is 0.0989. The van der Waals surface area contributed by atoms with Crippen LogP contribution < -0.4 is 0 Å². The number of carbonyl (C=O) groups is 1. The predicted molar refractivity (Wildman–Crippen MR) is 99.0 cm³/mol. The quantitative estimate of drug-likeness (QED) is 0.570. The third-order valence-electron chi connectivity index (χ3n) is 6.50. The maximum atomic E-state index is 12.9. The van der Waals surface area contributed by atoms with Crippen molar-refractivity contribution in [3.63, 3.8) is 0 Å². The van der Waals surface area contributed by atoms with Crippen LogP contribution in [0.25, 0.3) is 0 Å². The van der Waals surface area contributed by atoms with Crippen molar-refractivity contribution in [1.29, 1.82) is 0 Å². The Morgan fingerprint density at radius 3 is 2.69 bits per heavy atom. The van der Waals surface area contributed by atoms with Crippen molar-refractivity contribution < 1.29 is 9.18 Å². The number of aromatic nitrogens is 3. The number of hydrogen-bond acceptors (Lipinski definition) is 5. The molecule has 4 nitrogen and oxygen atoms in total. The second kappa shape index (κ2) is 6.12. The first kappa shape index (κ1) is 17.6. The average molecular weight is 371 g/mol. The molecular weight excluding hydrogens is 349 g/mol. The van der Waals surface area contributed by atoms with E-state index in [-0.39, 0.29) is 22.4 Å². The summed E-state index contributed by atoms with van der Waals surface area (Å²) in [6.07, 6.45) is 2.66. The molecule has 1 fully saturated rings. The molecule has 4 rings (SSSR count). The van der Waals surface area contributed by atoms with Crippen LogP contribution in [0.3, 0.4) is 0 Å². The van der Waals surface area contributed by atoms with E-state index in [4.69, 9.17) is 4.98 Å². The number of thioether (sulfide) groups is 1. The Morgan fingerprint density at radius 2 is 1.96 bits per heavy atom. The van der Waals surface area contributed by atoms with Crippen molar-refractivity contribution in [2.75, 3.05) is 5.75 Å². The molecule has 1 aromatic carbocycles. The molecule has 2 bridgehead atoms. The van der Waals surface area contributed by atoms with E-state index in [9.17, 15) is 9.18 Å². The molecule has 2 atom stereocenters. The zero-order chi connectivity index (χ0) is 18.5. The molecule has 2 aromatic rings. The molecule has 0 amide bonds. The van der Waals surface area contributed by atoms with Crippen molar-refractivity contribution in [2.24, 2.45) is 5.41 Å². The lowest BCUT2D eigenvalue weighted by Gasteiger charge is -2.33. The highest BCUT2D eigenvalue weighted by Gasteiger charge is 2.61. The molecule has 1 aromatic heterocycles. The molecule has 2 aliphatic rings. The minimum atomic E-state index is -0.334. The monoisotopic (exact) mass is 371 g/mol. The van der Waals surface area contributed by atoms with Crippen molar-refractivity contribution >= 4 is 17.5 Å². The number of nitrogens with zero attached hydrogens (tertiary/aromatic N) is 3. The summed E-state index contributed by atoms with van der Waals surface area (Å²) >= 11 is 1.46. The fourth-order valence-electron chi connectivity index (χ4n) is 4.44. The molecule has 0 saturated heterocycles. The van der Waals surface area contributed by atoms with E-state index in [1.807, 2.05) is 0 Å². The summed E-state index contributed by atoms with van der Waals surface area (Å²) in [4.78, 5) is 17.0. The third-order valence-corrected chi connectivity index (χ3v) is 7.34. The van der Waals surface area contributed by atoms with Crippen LogP contribution in [0.4, 0.5) is 4.39 Å². The van der Waals surface area contributed by atoms with Gasteiger partial charge in [0.05, 0.1) is 11.4 Å². The van der Waals surface area contributed by atoms with Gasteiger partial charge in [0.25, 0.3) is 0 Å². The minimum absolute atomic E-state index is 0.00114. The van der Waals surface area contributed by atoms with Gasteiger partial charge in [-0.1, -0.05) is 32.5 Å². The fraction of sp³-hybridized carbons (Fsp3) is 0.500. The van der Waals surface area contributed by atoms with Crippen molar-refractivity contribution in [3.8, 4) is 0 Å². The Kier molecular flexibility index (Phi) is 4.14. The molecule has 0 aliphatic heterocycles. The molecule has 1 saturated carbocycles. The molecule has 2 aliphatic carbocycles. The fourth-order valence-corrected chi connectivity index (χ4v) is 5.16. The highest BCUT2D eigenvalue weighted by Crippen LogP contribution is 2.66. The van der Waals surface area contributed by atoms with Crippen LogP contribution >= 0.6 is 11.8 Å². The van der Waals surface area contributed by atoms with E-state index in [0.29, 0.717) is 28.8 Å². The van der Waals surface area contributed by atoms with Gasteiger partial charge in [0.1, 0.15) is 5.82 Å². The third kappa shape index (κ3) is 2.57. The number of Topliss-reactive ketones (excluding diaryl/α,β-unsaturated/α-hetero) is 1. The van der Waals surface area contributed by atoms with Crippen molar-refractivity contribution in [3.05, 3.63) is 47.0 Å². The van der Waals surface area contributed by atoms with Crippen molar-refractivity contribution in [2.45, 2.75) is 56.5 Å². The van der Waals surface area contributed by atoms with Gasteiger partial charge in [0, 0.05) is 29.1 Å². The zero-order valence-electron chi connectivity index (χ0n) is 15.3. The van der Waals surface area contributed by atoms with Crippen LogP contribution in [0.5, 0.6) is 0 Å². The van der Waals surface area contributed by atoms with Gasteiger partial charge in [-0.3, -0.25) is 4.79 Å². The summed E-state index contributed by atoms with van der Waals surface area (Å²) in [5.74, 6) is 0.694. The Balaban J connectivity index is 1.43. The lowest BCUT2D eigenvalue weighted by Crippen LogP contribution is -2.32. The summed E-state index contributed by atoms with van der Waals surface area (Å²) < 4.78 is 12.9. The molecule has 0 spiro atoms. The maximum Gasteiger partial charge on any atom is 0.209 e. The van der Waals surface area contributed by atoms with Gasteiger partial charge < -0.3 is 0 Å². The van der Waals surface area contributed by atoms with Gasteiger partial charge in [0.2, 0.25) is 5.16 Å². The van der Waals surface area contributed by atoms with Gasteiger partial charge in [-0.05, 0) is 42.5 Å². The SMILES string of the molecule is CC12CCC(c3nnc(SCCC(=O)c4ccc(F)cc4)nc31)C2(C)C. The molecular formula is C20H22FN3OS. The zero-order valence-corrected chi connectivity index (χ0v) is 16.1. The van der Waals surface area contributed by atoms with E-state index >= 15 is 0 Å². The average Bonchev–Trinajstić information content (AvgIpc) is 2.94. The molecule has 6 heteroatoms. The van der Waals surface area contributed by atoms with Gasteiger partial charge in [-0.25, -0.2) is 9.37 Å². The Labute approximate surface area is 157 Å². The summed E-state index contributed by atoms with van der Waals surface area (Å²) in [6, 6.07) is 5.67. The summed E-state index contributed by atoms with van der Waals surface area (Å²) in [6.45, 7) is 6.91. The standard InChI is InChI=1S/C20H22FN3OS/c1-19(2)14-8-10-20(19,3)17-16(14)23-24-18(22-17)26-11-9-15(25)12-4-6-13(21)7-5-12/h4-7,14H,8-11H2,1-3H3. The van der Waals surface area contributed by atoms with E-state index in [1.165, 1.54) is 36.0 Å². The predicted octanol–water partition coefficient (Wildman–Crippen LogP) is 4.55. The normalized spacial score (nSPS) is 25.3. The summed E-state index contributed by atoms with van der Waals surface area (Å²) in [7, 11) is 0. The van der Waals surface area contributed by atoms with Gasteiger partial charge in [-0.2, -0.15) is 5.10 Å². The van der Waals surface area contributed by atoms with Crippen LogP contribution in [-0.2, 0) is 5.41 Å². The van der Waals surface area contributed by atoms with E-state index in [0.717, 1.165) is 24.2 Å². The first-order valence-electron chi connectivity index (χ1n) is 8.99. The van der Waals surface area contributed by atoms with Crippen LogP contribution in [-0.4, -0.2) is 26.7 Å². The number of halogens is 1. The van der Waals surface area contributed by atoms with Crippen molar-refractivity contribution in [1.82, 2.24) is 15.2 Å². The van der Waals surface area contributed by atoms with E-state index in [2.05, 4.69) is 31.0 Å². The largest absolute Gasteiger partial charge is 0.294 e. The highest BCUT2D eigenvalue weighted by atomic mass is 32.2. The van der Waals surface area contributed by atoms with Crippen LogP contribution in [0.15, 0.2) is 29.4 Å². The molecule has 2 unspecified atom stereocenters. The highest BCUT2D eigenvalue weighted by molar-refractivity contribution is 7.99. The minimum Gasteiger partial charge on any atom is -0.294 e. The molecule has 0 radical (unpaired) electrons. The van der Waals surface area contributed by atoms with Crippen LogP contribution in [0.2, 0.25) is 0 Å². The first-order chi connectivity index (χ1) is 12.3. The van der Waals surface area contributed by atoms with E-state index in [1.54, 1.807) is 0 Å². The van der Waals surface area contributed by atoms with Gasteiger partial charge in [0.15, 0.2) is 5.78 Å². The maximum absolute atomic E-state index is 12.9. The Bertz CT molecular complexity index is 868. The van der Waals surface area contributed by atoms with Gasteiger partial charge >= 0.3 is 0 Å². The Hall–Kier alpha value is -1.82. The van der Waals surface area contributed by atoms with Crippen LogP contribution in [0.1, 0.15) is 67.7 Å². The van der Waals surface area contributed by atoms with Crippen LogP contribution in [0, 0.1) is 11.2 Å².